The number of piperidine rings is 1. The summed E-state index contributed by atoms with van der Waals surface area (Å²) in [5, 5.41) is 12.4. The minimum absolute atomic E-state index is 0.0973. The van der Waals surface area contributed by atoms with E-state index >= 15 is 0 Å². The van der Waals surface area contributed by atoms with Gasteiger partial charge in [0.15, 0.2) is 0 Å². The lowest BCUT2D eigenvalue weighted by molar-refractivity contribution is -0.144. The van der Waals surface area contributed by atoms with Gasteiger partial charge in [0.05, 0.1) is 29.0 Å². The van der Waals surface area contributed by atoms with E-state index in [0.29, 0.717) is 12.8 Å². The topological polar surface area (TPSA) is 87.5 Å². The van der Waals surface area contributed by atoms with Crippen molar-refractivity contribution in [2.45, 2.75) is 31.3 Å². The van der Waals surface area contributed by atoms with Gasteiger partial charge in [0.25, 0.3) is 0 Å². The maximum absolute atomic E-state index is 11.7. The standard InChI is InChI=1S/C18H22N4O3/c1-21-14-5-3-2-4-13(14)19-15(21)11-22-8-6-18(7-9-22)12(17(24)25)10-16(23)20-18/h2-5,12H,6-11H2,1H3,(H,20,23)(H,24,25). The van der Waals surface area contributed by atoms with Crippen LogP contribution in [0.4, 0.5) is 0 Å². The summed E-state index contributed by atoms with van der Waals surface area (Å²) in [7, 11) is 2.02. The number of carbonyl (C=O) groups is 2. The van der Waals surface area contributed by atoms with E-state index in [1.54, 1.807) is 0 Å². The Hall–Kier alpha value is -2.41. The van der Waals surface area contributed by atoms with Crippen molar-refractivity contribution in [2.75, 3.05) is 13.1 Å². The number of hydrogen-bond donors (Lipinski definition) is 2. The highest BCUT2D eigenvalue weighted by atomic mass is 16.4. The predicted molar refractivity (Wildman–Crippen MR) is 91.8 cm³/mol. The molecule has 132 valence electrons. The summed E-state index contributed by atoms with van der Waals surface area (Å²) in [6.45, 7) is 2.24. The lowest BCUT2D eigenvalue weighted by atomic mass is 9.78. The Morgan fingerprint density at radius 2 is 2.08 bits per heavy atom. The van der Waals surface area contributed by atoms with E-state index in [-0.39, 0.29) is 12.3 Å². The Kier molecular flexibility index (Phi) is 3.76. The van der Waals surface area contributed by atoms with Crippen molar-refractivity contribution in [3.8, 4) is 0 Å². The molecule has 1 amide bonds. The monoisotopic (exact) mass is 342 g/mol. The van der Waals surface area contributed by atoms with Gasteiger partial charge in [-0.25, -0.2) is 4.98 Å². The number of aromatic nitrogens is 2. The van der Waals surface area contributed by atoms with Crippen LogP contribution in [0.15, 0.2) is 24.3 Å². The molecule has 4 rings (SSSR count). The zero-order valence-corrected chi connectivity index (χ0v) is 14.2. The molecule has 0 aliphatic carbocycles. The number of imidazole rings is 1. The van der Waals surface area contributed by atoms with Gasteiger partial charge in [0.2, 0.25) is 5.91 Å². The molecule has 2 aliphatic rings. The van der Waals surface area contributed by atoms with Crippen LogP contribution < -0.4 is 5.32 Å². The Labute approximate surface area is 145 Å². The van der Waals surface area contributed by atoms with Crippen molar-refractivity contribution in [3.63, 3.8) is 0 Å². The summed E-state index contributed by atoms with van der Waals surface area (Å²) in [4.78, 5) is 30.3. The molecule has 2 aromatic rings. The molecule has 2 fully saturated rings. The fourth-order valence-electron chi connectivity index (χ4n) is 4.24. The molecule has 7 heteroatoms. The van der Waals surface area contributed by atoms with Crippen LogP contribution in [0.2, 0.25) is 0 Å². The molecule has 1 aromatic carbocycles. The molecule has 1 unspecified atom stereocenters. The van der Waals surface area contributed by atoms with Crippen LogP contribution in [0.5, 0.6) is 0 Å². The molecule has 1 aromatic heterocycles. The zero-order chi connectivity index (χ0) is 17.6. The molecular weight excluding hydrogens is 320 g/mol. The van der Waals surface area contributed by atoms with Crippen molar-refractivity contribution in [2.24, 2.45) is 13.0 Å². The number of nitrogens with one attached hydrogen (secondary N) is 1. The number of amides is 1. The molecular formula is C18H22N4O3. The number of hydrogen-bond acceptors (Lipinski definition) is 4. The third-order valence-electron chi connectivity index (χ3n) is 5.74. The molecule has 2 N–H and O–H groups in total. The maximum Gasteiger partial charge on any atom is 0.309 e. The highest BCUT2D eigenvalue weighted by molar-refractivity contribution is 5.88. The number of carboxylic acid groups (broad SMARTS) is 1. The quantitative estimate of drug-likeness (QED) is 0.873. The summed E-state index contributed by atoms with van der Waals surface area (Å²) in [5.74, 6) is -0.626. The first kappa shape index (κ1) is 16.1. The third-order valence-corrected chi connectivity index (χ3v) is 5.74. The fraction of sp³-hybridized carbons (Fsp3) is 0.500. The smallest absolute Gasteiger partial charge is 0.309 e. The molecule has 2 saturated heterocycles. The largest absolute Gasteiger partial charge is 0.481 e. The van der Waals surface area contributed by atoms with Crippen LogP contribution >= 0.6 is 0 Å². The molecule has 2 aliphatic heterocycles. The van der Waals surface area contributed by atoms with Crippen molar-refractivity contribution < 1.29 is 14.7 Å². The number of nitrogens with zero attached hydrogens (tertiary/aromatic N) is 3. The highest BCUT2D eigenvalue weighted by Crippen LogP contribution is 2.37. The number of fused-ring (bicyclic) bond motifs is 1. The van der Waals surface area contributed by atoms with E-state index < -0.39 is 17.4 Å². The van der Waals surface area contributed by atoms with Crippen LogP contribution in [0.1, 0.15) is 25.1 Å². The van der Waals surface area contributed by atoms with Gasteiger partial charge in [-0.1, -0.05) is 12.1 Å². The van der Waals surface area contributed by atoms with Crippen molar-refractivity contribution in [1.29, 1.82) is 0 Å². The number of carboxylic acids is 1. The maximum atomic E-state index is 11.7. The zero-order valence-electron chi connectivity index (χ0n) is 14.2. The van der Waals surface area contributed by atoms with Gasteiger partial charge in [0, 0.05) is 26.6 Å². The molecule has 7 nitrogen and oxygen atoms in total. The van der Waals surface area contributed by atoms with Crippen LogP contribution in [0, 0.1) is 5.92 Å². The van der Waals surface area contributed by atoms with Crippen molar-refractivity contribution in [3.05, 3.63) is 30.1 Å². The Balaban J connectivity index is 1.48. The van der Waals surface area contributed by atoms with Crippen LogP contribution in [-0.2, 0) is 23.2 Å². The first-order chi connectivity index (χ1) is 12.0. The number of benzene rings is 1. The average molecular weight is 342 g/mol. The fourth-order valence-corrected chi connectivity index (χ4v) is 4.24. The molecule has 0 bridgehead atoms. The lowest BCUT2D eigenvalue weighted by Crippen LogP contribution is -2.55. The number of aryl methyl sites for hydroxylation is 1. The van der Waals surface area contributed by atoms with Gasteiger partial charge >= 0.3 is 5.97 Å². The number of likely N-dealkylation sites (tertiary alicyclic amines) is 1. The summed E-state index contributed by atoms with van der Waals surface area (Å²) in [6, 6.07) is 8.06. The first-order valence-corrected chi connectivity index (χ1v) is 8.65. The van der Waals surface area contributed by atoms with E-state index in [2.05, 4.69) is 20.9 Å². The number of para-hydroxylation sites is 2. The Bertz CT molecular complexity index is 836. The highest BCUT2D eigenvalue weighted by Gasteiger charge is 2.51. The van der Waals surface area contributed by atoms with E-state index in [9.17, 15) is 14.7 Å². The van der Waals surface area contributed by atoms with Gasteiger partial charge in [-0.2, -0.15) is 0 Å². The third kappa shape index (κ3) is 2.68. The summed E-state index contributed by atoms with van der Waals surface area (Å²) in [5.41, 5.74) is 1.52. The second kappa shape index (κ2) is 5.84. The number of carbonyl (C=O) groups excluding carboxylic acids is 1. The molecule has 3 heterocycles. The summed E-state index contributed by atoms with van der Waals surface area (Å²) < 4.78 is 2.11. The normalized spacial score (nSPS) is 23.2. The lowest BCUT2D eigenvalue weighted by Gasteiger charge is -2.41. The molecule has 0 radical (unpaired) electrons. The average Bonchev–Trinajstić information content (AvgIpc) is 3.08. The minimum Gasteiger partial charge on any atom is -0.481 e. The van der Waals surface area contributed by atoms with E-state index in [4.69, 9.17) is 4.98 Å². The van der Waals surface area contributed by atoms with Crippen molar-refractivity contribution in [1.82, 2.24) is 19.8 Å². The second-order valence-corrected chi connectivity index (χ2v) is 7.15. The van der Waals surface area contributed by atoms with Crippen molar-refractivity contribution >= 4 is 22.9 Å². The second-order valence-electron chi connectivity index (χ2n) is 7.15. The molecule has 1 atom stereocenters. The van der Waals surface area contributed by atoms with Crippen LogP contribution in [0.25, 0.3) is 11.0 Å². The molecule has 0 saturated carbocycles. The number of rotatable bonds is 3. The van der Waals surface area contributed by atoms with Gasteiger partial charge in [-0.3, -0.25) is 14.5 Å². The van der Waals surface area contributed by atoms with Gasteiger partial charge in [0.1, 0.15) is 5.82 Å². The van der Waals surface area contributed by atoms with Gasteiger partial charge in [-0.15, -0.1) is 0 Å². The summed E-state index contributed by atoms with van der Waals surface area (Å²) >= 11 is 0. The summed E-state index contributed by atoms with van der Waals surface area (Å²) in [6.07, 6.45) is 1.43. The SMILES string of the molecule is Cn1c(CN2CCC3(CC2)NC(=O)CC3C(=O)O)nc2ccccc21. The molecule has 1 spiro atoms. The van der Waals surface area contributed by atoms with E-state index in [1.165, 1.54) is 0 Å². The first-order valence-electron chi connectivity index (χ1n) is 8.65. The van der Waals surface area contributed by atoms with Gasteiger partial charge < -0.3 is 15.0 Å². The predicted octanol–water partition coefficient (Wildman–Crippen LogP) is 1.13. The minimum atomic E-state index is -0.873. The molecule has 25 heavy (non-hydrogen) atoms. The Morgan fingerprint density at radius 3 is 2.76 bits per heavy atom. The van der Waals surface area contributed by atoms with Gasteiger partial charge in [-0.05, 0) is 25.0 Å². The number of aliphatic carboxylic acids is 1. The van der Waals surface area contributed by atoms with Crippen LogP contribution in [0.3, 0.4) is 0 Å². The van der Waals surface area contributed by atoms with E-state index in [1.807, 2.05) is 25.2 Å². The van der Waals surface area contributed by atoms with Crippen LogP contribution in [-0.4, -0.2) is 50.1 Å². The Morgan fingerprint density at radius 1 is 1.36 bits per heavy atom. The van der Waals surface area contributed by atoms with E-state index in [0.717, 1.165) is 36.5 Å².